The van der Waals surface area contributed by atoms with Gasteiger partial charge in [-0.15, -0.1) is 0 Å². The van der Waals surface area contributed by atoms with E-state index >= 15 is 13.2 Å². The molecule has 2 fully saturated rings. The van der Waals surface area contributed by atoms with Crippen LogP contribution in [0.15, 0.2) is 24.3 Å². The van der Waals surface area contributed by atoms with E-state index in [9.17, 15) is 9.90 Å². The van der Waals surface area contributed by atoms with Crippen LogP contribution >= 0.6 is 0 Å². The van der Waals surface area contributed by atoms with Gasteiger partial charge in [0, 0.05) is 56.6 Å². The van der Waals surface area contributed by atoms with E-state index in [1.54, 1.807) is 22.9 Å². The molecule has 2 aromatic rings. The van der Waals surface area contributed by atoms with Gasteiger partial charge in [-0.1, -0.05) is 13.0 Å². The molecule has 3 aliphatic rings. The Kier molecular flexibility index (Phi) is 10.1. The van der Waals surface area contributed by atoms with E-state index in [-0.39, 0.29) is 35.7 Å². The fraction of sp³-hybridized carbons (Fsp3) is 0.636. The zero-order chi connectivity index (χ0) is 31.5. The standard InChI is InChI=1S/C33H45F3N4O4/c1-32(12-16-44-17-13-32)23-18-26(29(43-3)27(34)19-23)28(31(41)42)40-15-10-25(20-40)39(2)21-33(35,36)11-4-7-24-9-8-22-6-5-14-37-30(22)38-24/h8-9,18-19,25,28H,4-7,10-17,20-21H2,1-3H3,(H,37,38)(H,41,42)/t25-,28?/m1/s1. The van der Waals surface area contributed by atoms with Crippen molar-refractivity contribution in [3.63, 3.8) is 0 Å². The van der Waals surface area contributed by atoms with E-state index in [2.05, 4.69) is 10.3 Å². The first-order valence-electron chi connectivity index (χ1n) is 15.7. The molecule has 1 aromatic heterocycles. The van der Waals surface area contributed by atoms with Crippen molar-refractivity contribution in [2.24, 2.45) is 0 Å². The number of benzene rings is 1. The summed E-state index contributed by atoms with van der Waals surface area (Å²) in [6, 6.07) is 5.74. The lowest BCUT2D eigenvalue weighted by molar-refractivity contribution is -0.143. The highest BCUT2D eigenvalue weighted by atomic mass is 19.3. The van der Waals surface area contributed by atoms with E-state index in [0.717, 1.165) is 36.5 Å². The van der Waals surface area contributed by atoms with Gasteiger partial charge in [-0.05, 0) is 86.7 Å². The first kappa shape index (κ1) is 32.5. The fourth-order valence-corrected chi connectivity index (χ4v) is 6.95. The van der Waals surface area contributed by atoms with E-state index in [0.29, 0.717) is 51.9 Å². The first-order valence-corrected chi connectivity index (χ1v) is 15.7. The third-order valence-corrected chi connectivity index (χ3v) is 9.69. The van der Waals surface area contributed by atoms with Crippen molar-refractivity contribution in [3.05, 3.63) is 52.5 Å². The molecule has 0 saturated carbocycles. The third-order valence-electron chi connectivity index (χ3n) is 9.69. The third kappa shape index (κ3) is 7.32. The lowest BCUT2D eigenvalue weighted by Crippen LogP contribution is -2.43. The molecule has 2 atom stereocenters. The van der Waals surface area contributed by atoms with Crippen LogP contribution in [0.4, 0.5) is 19.0 Å². The predicted molar refractivity (Wildman–Crippen MR) is 162 cm³/mol. The Hall–Kier alpha value is -2.89. The molecule has 11 heteroatoms. The molecule has 0 aliphatic carbocycles. The number of alkyl halides is 2. The van der Waals surface area contributed by atoms with Gasteiger partial charge in [0.2, 0.25) is 0 Å². The summed E-state index contributed by atoms with van der Waals surface area (Å²) in [5.74, 6) is -3.86. The number of hydrogen-bond acceptors (Lipinski definition) is 7. The zero-order valence-electron chi connectivity index (χ0n) is 26.0. The second kappa shape index (κ2) is 13.6. The molecule has 44 heavy (non-hydrogen) atoms. The molecule has 0 radical (unpaired) electrons. The summed E-state index contributed by atoms with van der Waals surface area (Å²) in [5, 5.41) is 13.6. The van der Waals surface area contributed by atoms with Crippen LogP contribution in [0.2, 0.25) is 0 Å². The molecule has 0 bridgehead atoms. The SMILES string of the molecule is COc1c(F)cc(C2(C)CCOCC2)cc1C(C(=O)O)N1CC[C@@H](N(C)CC(F)(F)CCCc2ccc3c(n2)NCCC3)C1. The largest absolute Gasteiger partial charge is 0.493 e. The Morgan fingerprint density at radius 3 is 2.82 bits per heavy atom. The van der Waals surface area contributed by atoms with Crippen LogP contribution in [-0.4, -0.2) is 91.4 Å². The van der Waals surface area contributed by atoms with Gasteiger partial charge in [-0.2, -0.15) is 0 Å². The average molecular weight is 619 g/mol. The number of ether oxygens (including phenoxy) is 2. The summed E-state index contributed by atoms with van der Waals surface area (Å²) in [6.07, 6.45) is 4.51. The number of hydrogen-bond donors (Lipinski definition) is 2. The highest BCUT2D eigenvalue weighted by Gasteiger charge is 2.41. The van der Waals surface area contributed by atoms with Crippen molar-refractivity contribution in [2.45, 2.75) is 81.7 Å². The van der Waals surface area contributed by atoms with Crippen molar-refractivity contribution in [1.29, 1.82) is 0 Å². The van der Waals surface area contributed by atoms with Crippen molar-refractivity contribution < 1.29 is 32.5 Å². The van der Waals surface area contributed by atoms with Crippen molar-refractivity contribution in [1.82, 2.24) is 14.8 Å². The minimum Gasteiger partial charge on any atom is -0.493 e. The molecule has 1 unspecified atom stereocenters. The fourth-order valence-electron chi connectivity index (χ4n) is 6.95. The molecule has 8 nitrogen and oxygen atoms in total. The van der Waals surface area contributed by atoms with E-state index in [4.69, 9.17) is 9.47 Å². The van der Waals surface area contributed by atoms with Crippen LogP contribution in [0.5, 0.6) is 5.75 Å². The zero-order valence-corrected chi connectivity index (χ0v) is 26.0. The van der Waals surface area contributed by atoms with Gasteiger partial charge in [0.15, 0.2) is 11.6 Å². The molecule has 0 spiro atoms. The van der Waals surface area contributed by atoms with Gasteiger partial charge >= 0.3 is 5.97 Å². The second-order valence-corrected chi connectivity index (χ2v) is 12.9. The highest BCUT2D eigenvalue weighted by molar-refractivity contribution is 5.77. The first-order chi connectivity index (χ1) is 21.0. The van der Waals surface area contributed by atoms with E-state index in [1.807, 2.05) is 19.1 Å². The number of likely N-dealkylation sites (N-methyl/N-ethyl adjacent to an activating group) is 1. The average Bonchev–Trinajstić information content (AvgIpc) is 3.47. The topological polar surface area (TPSA) is 87.2 Å². The molecule has 2 N–H and O–H groups in total. The number of aromatic nitrogens is 1. The molecule has 1 aromatic carbocycles. The summed E-state index contributed by atoms with van der Waals surface area (Å²) in [7, 11) is 3.00. The number of aryl methyl sites for hydroxylation is 2. The Morgan fingerprint density at radius 2 is 2.09 bits per heavy atom. The number of fused-ring (bicyclic) bond motifs is 1. The van der Waals surface area contributed by atoms with Crippen LogP contribution in [0, 0.1) is 5.82 Å². The lowest BCUT2D eigenvalue weighted by Gasteiger charge is -2.35. The summed E-state index contributed by atoms with van der Waals surface area (Å²) in [4.78, 5) is 20.7. The minimum atomic E-state index is -2.90. The minimum absolute atomic E-state index is 0.0932. The van der Waals surface area contributed by atoms with Crippen LogP contribution in [0.1, 0.15) is 73.9 Å². The number of rotatable bonds is 12. The molecule has 5 rings (SSSR count). The number of carboxylic acid groups (broad SMARTS) is 1. The van der Waals surface area contributed by atoms with Gasteiger partial charge in [-0.25, -0.2) is 18.2 Å². The Labute approximate surface area is 257 Å². The van der Waals surface area contributed by atoms with Crippen LogP contribution in [0.25, 0.3) is 0 Å². The molecule has 2 saturated heterocycles. The summed E-state index contributed by atoms with van der Waals surface area (Å²) in [5.41, 5.74) is 2.61. The smallest absolute Gasteiger partial charge is 0.325 e. The number of aliphatic carboxylic acids is 1. The molecular formula is C33H45F3N4O4. The van der Waals surface area contributed by atoms with Crippen molar-refractivity contribution in [3.8, 4) is 5.75 Å². The van der Waals surface area contributed by atoms with Crippen molar-refractivity contribution >= 4 is 11.8 Å². The number of nitrogens with one attached hydrogen (secondary N) is 1. The number of anilines is 1. The number of likely N-dealkylation sites (tertiary alicyclic amines) is 1. The lowest BCUT2D eigenvalue weighted by atomic mass is 9.75. The Balaban J connectivity index is 1.22. The highest BCUT2D eigenvalue weighted by Crippen LogP contribution is 2.41. The number of carbonyl (C=O) groups is 1. The van der Waals surface area contributed by atoms with Gasteiger partial charge in [0.1, 0.15) is 11.9 Å². The van der Waals surface area contributed by atoms with Gasteiger partial charge in [0.05, 0.1) is 13.7 Å². The van der Waals surface area contributed by atoms with E-state index in [1.165, 1.54) is 18.7 Å². The monoisotopic (exact) mass is 618 g/mol. The molecule has 4 heterocycles. The van der Waals surface area contributed by atoms with Crippen LogP contribution in [-0.2, 0) is 27.8 Å². The number of nitrogens with zero attached hydrogens (tertiary/aromatic N) is 3. The number of methoxy groups -OCH3 is 1. The predicted octanol–water partition coefficient (Wildman–Crippen LogP) is 5.45. The normalized spacial score (nSPS) is 21.1. The van der Waals surface area contributed by atoms with Gasteiger partial charge in [0.25, 0.3) is 5.92 Å². The second-order valence-electron chi connectivity index (χ2n) is 12.9. The quantitative estimate of drug-likeness (QED) is 0.325. The maximum absolute atomic E-state index is 15.4. The molecule has 0 amide bonds. The Morgan fingerprint density at radius 1 is 1.32 bits per heavy atom. The molecular weight excluding hydrogens is 573 g/mol. The maximum atomic E-state index is 15.4. The summed E-state index contributed by atoms with van der Waals surface area (Å²) < 4.78 is 56.4. The Bertz CT molecular complexity index is 1320. The van der Waals surface area contributed by atoms with Crippen molar-refractivity contribution in [2.75, 3.05) is 58.9 Å². The number of carboxylic acids is 1. The number of halogens is 3. The van der Waals surface area contributed by atoms with Crippen LogP contribution in [0.3, 0.4) is 0 Å². The summed E-state index contributed by atoms with van der Waals surface area (Å²) in [6.45, 7) is 4.26. The maximum Gasteiger partial charge on any atom is 0.325 e. The molecule has 3 aliphatic heterocycles. The van der Waals surface area contributed by atoms with Gasteiger partial charge < -0.3 is 19.9 Å². The molecule has 242 valence electrons. The summed E-state index contributed by atoms with van der Waals surface area (Å²) >= 11 is 0. The van der Waals surface area contributed by atoms with Gasteiger partial charge in [-0.3, -0.25) is 14.6 Å². The number of pyridine rings is 1. The van der Waals surface area contributed by atoms with E-state index < -0.39 is 30.3 Å². The van der Waals surface area contributed by atoms with Crippen LogP contribution < -0.4 is 10.1 Å².